The Morgan fingerprint density at radius 1 is 1.04 bits per heavy atom. The highest BCUT2D eigenvalue weighted by Crippen LogP contribution is 2.37. The van der Waals surface area contributed by atoms with Crippen LogP contribution >= 0.6 is 34.5 Å². The summed E-state index contributed by atoms with van der Waals surface area (Å²) in [6.07, 6.45) is 1.57. The van der Waals surface area contributed by atoms with Gasteiger partial charge < -0.3 is 14.2 Å². The number of carbonyl (C=O) groups excluding carboxylic acids is 1. The quantitative estimate of drug-likeness (QED) is 0.149. The second kappa shape index (κ2) is 13.8. The van der Waals surface area contributed by atoms with Gasteiger partial charge in [0.1, 0.15) is 24.1 Å². The van der Waals surface area contributed by atoms with Gasteiger partial charge in [-0.1, -0.05) is 95.2 Å². The van der Waals surface area contributed by atoms with Crippen molar-refractivity contribution < 1.29 is 19.0 Å². The Morgan fingerprint density at radius 3 is 2.57 bits per heavy atom. The summed E-state index contributed by atoms with van der Waals surface area (Å²) in [5.74, 6) is 0.410. The third-order valence-electron chi connectivity index (χ3n) is 7.67. The van der Waals surface area contributed by atoms with Crippen LogP contribution < -0.4 is 24.4 Å². The van der Waals surface area contributed by atoms with Gasteiger partial charge in [0.2, 0.25) is 0 Å². The summed E-state index contributed by atoms with van der Waals surface area (Å²) in [7, 11) is 0. The molecule has 0 unspecified atom stereocenters. The normalized spacial score (nSPS) is 14.7. The molecule has 5 aromatic rings. The highest BCUT2D eigenvalue weighted by molar-refractivity contribution is 7.07. The van der Waals surface area contributed by atoms with Gasteiger partial charge in [0.15, 0.2) is 4.80 Å². The van der Waals surface area contributed by atoms with Crippen LogP contribution in [0.2, 0.25) is 10.0 Å². The van der Waals surface area contributed by atoms with E-state index < -0.39 is 12.0 Å². The first-order valence-electron chi connectivity index (χ1n) is 15.2. The monoisotopic (exact) mass is 686 g/mol. The fourth-order valence-electron chi connectivity index (χ4n) is 5.70. The predicted octanol–water partition coefficient (Wildman–Crippen LogP) is 7.62. The average molecular weight is 688 g/mol. The minimum atomic E-state index is -0.826. The number of fused-ring (bicyclic) bond motifs is 2. The number of allylic oxidation sites excluding steroid dienone is 1. The molecule has 7 nitrogen and oxygen atoms in total. The second-order valence-corrected chi connectivity index (χ2v) is 13.1. The molecule has 0 amide bonds. The van der Waals surface area contributed by atoms with Gasteiger partial charge >= 0.3 is 5.97 Å². The molecule has 0 N–H and O–H groups in total. The van der Waals surface area contributed by atoms with E-state index in [4.69, 9.17) is 42.4 Å². The van der Waals surface area contributed by atoms with Crippen molar-refractivity contribution in [1.29, 1.82) is 0 Å². The van der Waals surface area contributed by atoms with Crippen molar-refractivity contribution >= 4 is 57.4 Å². The second-order valence-electron chi connectivity index (χ2n) is 11.2. The maximum absolute atomic E-state index is 14.3. The van der Waals surface area contributed by atoms with Crippen molar-refractivity contribution in [2.45, 2.75) is 46.4 Å². The largest absolute Gasteiger partial charge is 0.491 e. The number of ether oxygens (including phenoxy) is 3. The lowest BCUT2D eigenvalue weighted by Crippen LogP contribution is -2.40. The van der Waals surface area contributed by atoms with Crippen LogP contribution in [0.4, 0.5) is 0 Å². The molecule has 0 saturated heterocycles. The van der Waals surface area contributed by atoms with Crippen LogP contribution in [0.25, 0.3) is 16.8 Å². The number of esters is 1. The number of nitrogens with zero attached hydrogens (tertiary/aromatic N) is 2. The molecule has 1 aromatic heterocycles. The number of carbonyl (C=O) groups is 1. The molecule has 4 aromatic carbocycles. The van der Waals surface area contributed by atoms with Crippen LogP contribution in [0, 0.1) is 0 Å². The van der Waals surface area contributed by atoms with Crippen molar-refractivity contribution in [3.05, 3.63) is 137 Å². The number of rotatable bonds is 9. The van der Waals surface area contributed by atoms with E-state index >= 15 is 0 Å². The average Bonchev–Trinajstić information content (AvgIpc) is 3.33. The molecule has 1 atom stereocenters. The van der Waals surface area contributed by atoms with Crippen molar-refractivity contribution in [1.82, 2.24) is 4.57 Å². The van der Waals surface area contributed by atoms with E-state index in [-0.39, 0.29) is 30.5 Å². The van der Waals surface area contributed by atoms with E-state index in [9.17, 15) is 9.59 Å². The smallest absolute Gasteiger partial charge is 0.338 e. The van der Waals surface area contributed by atoms with Crippen molar-refractivity contribution in [2.24, 2.45) is 4.99 Å². The number of halogens is 2. The third-order valence-corrected chi connectivity index (χ3v) is 9.15. The molecule has 0 saturated carbocycles. The van der Waals surface area contributed by atoms with Crippen LogP contribution in [-0.2, 0) is 16.1 Å². The van der Waals surface area contributed by atoms with E-state index in [1.54, 1.807) is 32.1 Å². The van der Waals surface area contributed by atoms with E-state index in [1.807, 2.05) is 68.4 Å². The molecule has 47 heavy (non-hydrogen) atoms. The zero-order valence-electron chi connectivity index (χ0n) is 26.3. The summed E-state index contributed by atoms with van der Waals surface area (Å²) in [4.78, 5) is 32.9. The van der Waals surface area contributed by atoms with Crippen LogP contribution in [0.3, 0.4) is 0 Å². The number of benzene rings is 4. The molecule has 0 radical (unpaired) electrons. The van der Waals surface area contributed by atoms with Crippen molar-refractivity contribution in [3.8, 4) is 11.5 Å². The van der Waals surface area contributed by atoms with Crippen LogP contribution in [0.1, 0.15) is 50.4 Å². The fourth-order valence-corrected chi connectivity index (χ4v) is 7.30. The number of aromatic nitrogens is 1. The standard InChI is InChI=1S/C37H32Cl2N2O5S/c1-5-44-36(43)32-22(4)40-37-41(33(32)28-15-8-9-16-30(28)46-21(2)3)35(42)31(47-37)18-25-17-26(38)19-29(39)34(25)45-20-24-13-10-12-23-11-6-7-14-27(23)24/h6-19,21,33H,5,20H2,1-4H3/b31-18-/t33-/m1/s1. The molecular weight excluding hydrogens is 655 g/mol. The Balaban J connectivity index is 1.49. The molecule has 0 fully saturated rings. The van der Waals surface area contributed by atoms with Gasteiger partial charge in [-0.2, -0.15) is 0 Å². The zero-order valence-corrected chi connectivity index (χ0v) is 28.6. The summed E-state index contributed by atoms with van der Waals surface area (Å²) in [6, 6.07) is 24.0. The number of hydrogen-bond donors (Lipinski definition) is 0. The van der Waals surface area contributed by atoms with Crippen molar-refractivity contribution in [3.63, 3.8) is 0 Å². The van der Waals surface area contributed by atoms with Crippen LogP contribution in [-0.4, -0.2) is 23.2 Å². The molecule has 1 aliphatic rings. The Bertz CT molecular complexity index is 2220. The van der Waals surface area contributed by atoms with Gasteiger partial charge in [0, 0.05) is 16.1 Å². The van der Waals surface area contributed by atoms with Gasteiger partial charge in [-0.3, -0.25) is 9.36 Å². The molecule has 0 aliphatic carbocycles. The lowest BCUT2D eigenvalue weighted by atomic mass is 9.95. The number of para-hydroxylation sites is 1. The third kappa shape index (κ3) is 6.59. The van der Waals surface area contributed by atoms with Gasteiger partial charge in [-0.15, -0.1) is 0 Å². The highest BCUT2D eigenvalue weighted by atomic mass is 35.5. The molecule has 6 rings (SSSR count). The number of hydrogen-bond acceptors (Lipinski definition) is 7. The first-order chi connectivity index (χ1) is 22.7. The lowest BCUT2D eigenvalue weighted by molar-refractivity contribution is -0.139. The molecule has 10 heteroatoms. The lowest BCUT2D eigenvalue weighted by Gasteiger charge is -2.26. The summed E-state index contributed by atoms with van der Waals surface area (Å²) >= 11 is 14.4. The Morgan fingerprint density at radius 2 is 1.79 bits per heavy atom. The Kier molecular flexibility index (Phi) is 9.55. The molecule has 240 valence electrons. The molecule has 0 spiro atoms. The van der Waals surface area contributed by atoms with Gasteiger partial charge in [-0.05, 0) is 68.3 Å². The van der Waals surface area contributed by atoms with Gasteiger partial charge in [0.25, 0.3) is 5.56 Å². The molecular formula is C37H32Cl2N2O5S. The SMILES string of the molecule is CCOC(=O)C1=C(C)N=c2s/c(=C\c3cc(Cl)cc(Cl)c3OCc3cccc4ccccc34)c(=O)n2[C@@H]1c1ccccc1OC(C)C. The Hall–Kier alpha value is -4.37. The van der Waals surface area contributed by atoms with E-state index in [2.05, 4.69) is 12.1 Å². The minimum Gasteiger partial charge on any atom is -0.491 e. The zero-order chi connectivity index (χ0) is 33.2. The van der Waals surface area contributed by atoms with Crippen LogP contribution in [0.15, 0.2) is 99.9 Å². The predicted molar refractivity (Wildman–Crippen MR) is 187 cm³/mol. The van der Waals surface area contributed by atoms with E-state index in [0.29, 0.717) is 47.7 Å². The maximum atomic E-state index is 14.3. The molecule has 1 aliphatic heterocycles. The summed E-state index contributed by atoms with van der Waals surface area (Å²) in [5, 5.41) is 2.88. The first-order valence-corrected chi connectivity index (χ1v) is 16.8. The fraction of sp³-hybridized carbons (Fsp3) is 0.216. The highest BCUT2D eigenvalue weighted by Gasteiger charge is 2.35. The summed E-state index contributed by atoms with van der Waals surface area (Å²) < 4.78 is 19.8. The van der Waals surface area contributed by atoms with Gasteiger partial charge in [0.05, 0.1) is 33.5 Å². The first kappa shape index (κ1) is 32.6. The molecule has 0 bridgehead atoms. The van der Waals surface area contributed by atoms with Gasteiger partial charge in [-0.25, -0.2) is 9.79 Å². The topological polar surface area (TPSA) is 79.1 Å². The number of thiazole rings is 1. The minimum absolute atomic E-state index is 0.136. The van der Waals surface area contributed by atoms with E-state index in [1.165, 1.54) is 15.9 Å². The maximum Gasteiger partial charge on any atom is 0.338 e. The molecule has 2 heterocycles. The summed E-state index contributed by atoms with van der Waals surface area (Å²) in [6.45, 7) is 7.76. The summed E-state index contributed by atoms with van der Waals surface area (Å²) in [5.41, 5.74) is 2.57. The van der Waals surface area contributed by atoms with Crippen molar-refractivity contribution in [2.75, 3.05) is 6.61 Å². The van der Waals surface area contributed by atoms with E-state index in [0.717, 1.165) is 16.3 Å². The van der Waals surface area contributed by atoms with Crippen LogP contribution in [0.5, 0.6) is 11.5 Å². The Labute approximate surface area is 286 Å².